The maximum atomic E-state index is 12.5. The van der Waals surface area contributed by atoms with Gasteiger partial charge in [0, 0.05) is 0 Å². The summed E-state index contributed by atoms with van der Waals surface area (Å²) in [5, 5.41) is 0. The van der Waals surface area contributed by atoms with E-state index in [9.17, 15) is 4.79 Å². The zero-order chi connectivity index (χ0) is 14.4. The zero-order valence-electron chi connectivity index (χ0n) is 13.5. The topological polar surface area (TPSA) is 26.3 Å². The van der Waals surface area contributed by atoms with Gasteiger partial charge in [-0.05, 0) is 81.5 Å². The Kier molecular flexibility index (Phi) is 3.54. The van der Waals surface area contributed by atoms with Gasteiger partial charge in [0.25, 0.3) is 0 Å². The van der Waals surface area contributed by atoms with Crippen LogP contribution in [-0.2, 0) is 9.53 Å². The summed E-state index contributed by atoms with van der Waals surface area (Å²) in [7, 11) is 0. The molecule has 0 aromatic carbocycles. The monoisotopic (exact) mass is 290 g/mol. The Bertz CT molecular complexity index is 380. The molecule has 0 spiro atoms. The van der Waals surface area contributed by atoms with E-state index >= 15 is 0 Å². The molecule has 0 atom stereocenters. The van der Waals surface area contributed by atoms with E-state index in [2.05, 4.69) is 6.92 Å². The number of carbonyl (C=O) groups is 1. The van der Waals surface area contributed by atoms with Gasteiger partial charge < -0.3 is 4.74 Å². The lowest BCUT2D eigenvalue weighted by atomic mass is 9.52. The lowest BCUT2D eigenvalue weighted by Gasteiger charge is -2.54. The van der Waals surface area contributed by atoms with Crippen LogP contribution in [-0.4, -0.2) is 12.6 Å². The van der Waals surface area contributed by atoms with Gasteiger partial charge in [0.15, 0.2) is 0 Å². The standard InChI is InChI=1S/C19H30O2/c1-19(5-3-2-4-6-19)18(20)21-12-17-15-8-13-7-14(10-15)11-16(17)9-13/h13-17H,2-12H2,1H3. The normalized spacial score (nSPS) is 43.8. The zero-order valence-corrected chi connectivity index (χ0v) is 13.5. The molecule has 5 rings (SSSR count). The van der Waals surface area contributed by atoms with E-state index < -0.39 is 0 Å². The smallest absolute Gasteiger partial charge is 0.311 e. The Balaban J connectivity index is 1.35. The molecule has 0 N–H and O–H groups in total. The molecular weight excluding hydrogens is 260 g/mol. The molecule has 2 nitrogen and oxygen atoms in total. The second kappa shape index (κ2) is 5.28. The molecule has 0 unspecified atom stereocenters. The molecule has 5 aliphatic rings. The molecule has 0 amide bonds. The molecule has 4 bridgehead atoms. The van der Waals surface area contributed by atoms with Crippen LogP contribution in [0.2, 0.25) is 0 Å². The van der Waals surface area contributed by atoms with Gasteiger partial charge in [0.1, 0.15) is 0 Å². The average Bonchev–Trinajstić information content (AvgIpc) is 2.46. The van der Waals surface area contributed by atoms with E-state index in [1.807, 2.05) is 0 Å². The Morgan fingerprint density at radius 1 is 0.952 bits per heavy atom. The van der Waals surface area contributed by atoms with Crippen molar-refractivity contribution in [2.75, 3.05) is 6.61 Å². The van der Waals surface area contributed by atoms with Crippen LogP contribution in [0.25, 0.3) is 0 Å². The highest BCUT2D eigenvalue weighted by Crippen LogP contribution is 2.56. The molecule has 5 fully saturated rings. The van der Waals surface area contributed by atoms with Crippen molar-refractivity contribution >= 4 is 5.97 Å². The van der Waals surface area contributed by atoms with Gasteiger partial charge in [-0.1, -0.05) is 19.3 Å². The van der Waals surface area contributed by atoms with E-state index in [1.165, 1.54) is 51.4 Å². The summed E-state index contributed by atoms with van der Waals surface area (Å²) in [6.07, 6.45) is 12.9. The van der Waals surface area contributed by atoms with Crippen molar-refractivity contribution < 1.29 is 9.53 Å². The van der Waals surface area contributed by atoms with Gasteiger partial charge in [0.05, 0.1) is 12.0 Å². The molecule has 0 heterocycles. The van der Waals surface area contributed by atoms with Crippen molar-refractivity contribution in [2.45, 2.75) is 71.1 Å². The average molecular weight is 290 g/mol. The molecule has 21 heavy (non-hydrogen) atoms. The second-order valence-electron chi connectivity index (χ2n) is 8.81. The van der Waals surface area contributed by atoms with Gasteiger partial charge in [-0.2, -0.15) is 0 Å². The van der Waals surface area contributed by atoms with Crippen molar-refractivity contribution in [3.8, 4) is 0 Å². The highest BCUT2D eigenvalue weighted by Gasteiger charge is 2.48. The van der Waals surface area contributed by atoms with E-state index in [0.29, 0.717) is 5.92 Å². The van der Waals surface area contributed by atoms with Crippen molar-refractivity contribution in [1.82, 2.24) is 0 Å². The SMILES string of the molecule is CC1(C(=O)OCC2C3CC4CC(C3)CC2C4)CCCCC1. The summed E-state index contributed by atoms with van der Waals surface area (Å²) in [6.45, 7) is 2.86. The van der Waals surface area contributed by atoms with Crippen LogP contribution in [0.5, 0.6) is 0 Å². The van der Waals surface area contributed by atoms with Gasteiger partial charge in [0.2, 0.25) is 0 Å². The highest BCUT2D eigenvalue weighted by molar-refractivity contribution is 5.76. The Hall–Kier alpha value is -0.530. The van der Waals surface area contributed by atoms with Crippen LogP contribution in [0.4, 0.5) is 0 Å². The fourth-order valence-electron chi connectivity index (χ4n) is 6.19. The van der Waals surface area contributed by atoms with Crippen molar-refractivity contribution in [2.24, 2.45) is 35.0 Å². The number of esters is 1. The lowest BCUT2D eigenvalue weighted by molar-refractivity contribution is -0.163. The molecule has 0 aliphatic heterocycles. The maximum absolute atomic E-state index is 12.5. The predicted octanol–water partition coefficient (Wildman–Crippen LogP) is 4.57. The summed E-state index contributed by atoms with van der Waals surface area (Å²) in [5.74, 6) is 4.55. The quantitative estimate of drug-likeness (QED) is 0.712. The third-order valence-electron chi connectivity index (χ3n) is 7.28. The van der Waals surface area contributed by atoms with E-state index in [1.54, 1.807) is 0 Å². The van der Waals surface area contributed by atoms with Crippen LogP contribution in [0.15, 0.2) is 0 Å². The minimum atomic E-state index is -0.176. The summed E-state index contributed by atoms with van der Waals surface area (Å²) < 4.78 is 5.87. The van der Waals surface area contributed by atoms with Crippen molar-refractivity contribution in [1.29, 1.82) is 0 Å². The summed E-state index contributed by atoms with van der Waals surface area (Å²) in [5.41, 5.74) is -0.176. The number of rotatable bonds is 3. The molecule has 0 radical (unpaired) electrons. The molecule has 5 aliphatic carbocycles. The molecule has 118 valence electrons. The lowest BCUT2D eigenvalue weighted by Crippen LogP contribution is -2.47. The Morgan fingerprint density at radius 3 is 2.10 bits per heavy atom. The highest BCUT2D eigenvalue weighted by atomic mass is 16.5. The molecule has 2 heteroatoms. The first-order valence-corrected chi connectivity index (χ1v) is 9.31. The molecule has 0 saturated heterocycles. The van der Waals surface area contributed by atoms with Gasteiger partial charge >= 0.3 is 5.97 Å². The van der Waals surface area contributed by atoms with Crippen LogP contribution >= 0.6 is 0 Å². The molecule has 5 saturated carbocycles. The first-order valence-electron chi connectivity index (χ1n) is 9.31. The van der Waals surface area contributed by atoms with Crippen molar-refractivity contribution in [3.63, 3.8) is 0 Å². The van der Waals surface area contributed by atoms with Crippen molar-refractivity contribution in [3.05, 3.63) is 0 Å². The minimum Gasteiger partial charge on any atom is -0.465 e. The predicted molar refractivity (Wildman–Crippen MR) is 82.7 cm³/mol. The molecular formula is C19H30O2. The third-order valence-corrected chi connectivity index (χ3v) is 7.28. The second-order valence-corrected chi connectivity index (χ2v) is 8.81. The first kappa shape index (κ1) is 14.1. The van der Waals surface area contributed by atoms with Gasteiger partial charge in [-0.3, -0.25) is 4.79 Å². The number of ether oxygens (including phenoxy) is 1. The summed E-state index contributed by atoms with van der Waals surface area (Å²) in [4.78, 5) is 12.5. The fraction of sp³-hybridized carbons (Fsp3) is 0.947. The molecule has 0 aromatic rings. The summed E-state index contributed by atoms with van der Waals surface area (Å²) >= 11 is 0. The maximum Gasteiger partial charge on any atom is 0.311 e. The van der Waals surface area contributed by atoms with Gasteiger partial charge in [-0.15, -0.1) is 0 Å². The van der Waals surface area contributed by atoms with Crippen LogP contribution in [0.3, 0.4) is 0 Å². The van der Waals surface area contributed by atoms with Crippen LogP contribution in [0, 0.1) is 35.0 Å². The number of hydrogen-bond donors (Lipinski definition) is 0. The number of hydrogen-bond acceptors (Lipinski definition) is 2. The van der Waals surface area contributed by atoms with E-state index in [-0.39, 0.29) is 11.4 Å². The van der Waals surface area contributed by atoms with Crippen LogP contribution < -0.4 is 0 Å². The largest absolute Gasteiger partial charge is 0.465 e. The fourth-order valence-corrected chi connectivity index (χ4v) is 6.19. The Morgan fingerprint density at radius 2 is 1.52 bits per heavy atom. The van der Waals surface area contributed by atoms with E-state index in [0.717, 1.165) is 43.1 Å². The Labute approximate surface area is 129 Å². The molecule has 0 aromatic heterocycles. The first-order chi connectivity index (χ1) is 10.1. The number of carbonyl (C=O) groups excluding carboxylic acids is 1. The van der Waals surface area contributed by atoms with Gasteiger partial charge in [-0.25, -0.2) is 0 Å². The minimum absolute atomic E-state index is 0.107. The van der Waals surface area contributed by atoms with Crippen LogP contribution in [0.1, 0.15) is 71.1 Å². The summed E-state index contributed by atoms with van der Waals surface area (Å²) in [6, 6.07) is 0. The third kappa shape index (κ3) is 2.53. The van der Waals surface area contributed by atoms with E-state index in [4.69, 9.17) is 4.74 Å².